The number of hydrogen-bond acceptors (Lipinski definition) is 8. The van der Waals surface area contributed by atoms with Crippen molar-refractivity contribution in [2.24, 2.45) is 5.92 Å². The van der Waals surface area contributed by atoms with Crippen LogP contribution in [0.1, 0.15) is 117 Å². The number of carbonyl (C=O) groups excluding carboxylic acids is 3. The highest BCUT2D eigenvalue weighted by molar-refractivity contribution is 5.93. The van der Waals surface area contributed by atoms with Crippen LogP contribution in [0.5, 0.6) is 5.75 Å². The summed E-state index contributed by atoms with van der Waals surface area (Å²) in [6.07, 6.45) is 14.6. The number of rotatable bonds is 23. The third kappa shape index (κ3) is 16.3. The second-order valence-corrected chi connectivity index (χ2v) is 12.8. The summed E-state index contributed by atoms with van der Waals surface area (Å²) in [7, 11) is 1.23. The second kappa shape index (κ2) is 21.8. The lowest BCUT2D eigenvalue weighted by Gasteiger charge is -2.34. The highest BCUT2D eigenvalue weighted by atomic mass is 16.6. The number of aromatic hydroxyl groups is 1. The molecule has 0 heterocycles. The Hall–Kier alpha value is -2.91. The molecule has 0 unspecified atom stereocenters. The van der Waals surface area contributed by atoms with Gasteiger partial charge in [0, 0.05) is 19.6 Å². The molecule has 9 heteroatoms. The molecule has 1 aromatic rings. The highest BCUT2D eigenvalue weighted by Crippen LogP contribution is 2.30. The Morgan fingerprint density at radius 3 is 2.04 bits per heavy atom. The zero-order chi connectivity index (χ0) is 33.7. The lowest BCUT2D eigenvalue weighted by atomic mass is 9.81. The molecular formula is C36H59NO8. The number of amides is 1. The van der Waals surface area contributed by atoms with E-state index in [2.05, 4.69) is 12.2 Å². The minimum atomic E-state index is -2.14. The normalized spacial score (nSPS) is 14.5. The molecule has 9 nitrogen and oxygen atoms in total. The first-order valence-corrected chi connectivity index (χ1v) is 16.7. The molecule has 0 aliphatic rings. The van der Waals surface area contributed by atoms with Crippen LogP contribution in [0.4, 0.5) is 0 Å². The zero-order valence-corrected chi connectivity index (χ0v) is 28.6. The predicted octanol–water partition coefficient (Wildman–Crippen LogP) is 6.58. The molecule has 256 valence electrons. The molecule has 1 rings (SSSR count). The van der Waals surface area contributed by atoms with E-state index in [0.717, 1.165) is 45.3 Å². The van der Waals surface area contributed by atoms with Gasteiger partial charge in [-0.3, -0.25) is 4.79 Å². The summed E-state index contributed by atoms with van der Waals surface area (Å²) in [5.41, 5.74) is -2.34. The minimum Gasteiger partial charge on any atom is -0.508 e. The van der Waals surface area contributed by atoms with Crippen molar-refractivity contribution in [2.45, 2.75) is 135 Å². The van der Waals surface area contributed by atoms with E-state index in [1.807, 2.05) is 13.0 Å². The molecule has 0 bridgehead atoms. The number of unbranched alkanes of at least 4 members (excludes halogenated alkanes) is 8. The van der Waals surface area contributed by atoms with Gasteiger partial charge in [-0.25, -0.2) is 9.59 Å². The lowest BCUT2D eigenvalue weighted by Crippen LogP contribution is -2.56. The number of methoxy groups -OCH3 is 1. The number of ether oxygens (including phenoxy) is 3. The summed E-state index contributed by atoms with van der Waals surface area (Å²) >= 11 is 0. The number of aliphatic hydroxyl groups is 1. The number of benzene rings is 1. The van der Waals surface area contributed by atoms with Crippen molar-refractivity contribution in [3.05, 3.63) is 42.0 Å². The van der Waals surface area contributed by atoms with Crippen molar-refractivity contribution < 1.29 is 38.8 Å². The van der Waals surface area contributed by atoms with E-state index in [1.165, 1.54) is 44.9 Å². The van der Waals surface area contributed by atoms with Crippen molar-refractivity contribution in [2.75, 3.05) is 20.3 Å². The number of nitrogens with one attached hydrogen (secondary N) is 1. The fraction of sp³-hybridized carbons (Fsp3) is 0.694. The third-order valence-corrected chi connectivity index (χ3v) is 7.49. The van der Waals surface area contributed by atoms with Gasteiger partial charge in [0.05, 0.1) is 13.0 Å². The van der Waals surface area contributed by atoms with Crippen molar-refractivity contribution in [1.29, 1.82) is 0 Å². The molecular weight excluding hydrogens is 574 g/mol. The standard InChI is InChI=1S/C36H59NO8/c1-7-9-10-14-17-25-44-26-18-15-12-11-13-16-19-30(36(42,24-8-2)34(41)45-35(3,4)5)32(39)37-31(33(40)43-6)27-28-20-22-29(38)23-21-28/h16,19-23,30-31,38,42H,7-15,17-18,24-27H2,1-6H3,(H,37,39)/b19-16+/t30-,31+,36+/m1/s1. The SMILES string of the molecule is CCCCCCCOCCCCCC/C=C/[C@H](C(=O)N[C@@H](Cc1ccc(O)cc1)C(=O)OC)[C@@](O)(CCC)C(=O)OC(C)(C)C. The Bertz CT molecular complexity index is 1020. The number of phenolic OH excluding ortho intramolecular Hbond substituents is 1. The van der Waals surface area contributed by atoms with Crippen LogP contribution in [0.3, 0.4) is 0 Å². The van der Waals surface area contributed by atoms with Gasteiger partial charge in [-0.1, -0.05) is 83.1 Å². The highest BCUT2D eigenvalue weighted by Gasteiger charge is 2.49. The smallest absolute Gasteiger partial charge is 0.339 e. The Kier molecular flexibility index (Phi) is 19.4. The third-order valence-electron chi connectivity index (χ3n) is 7.49. The van der Waals surface area contributed by atoms with Gasteiger partial charge in [-0.05, 0) is 70.6 Å². The maximum absolute atomic E-state index is 13.8. The molecule has 0 aliphatic heterocycles. The van der Waals surface area contributed by atoms with Gasteiger partial charge in [-0.15, -0.1) is 0 Å². The van der Waals surface area contributed by atoms with Crippen LogP contribution in [-0.4, -0.2) is 65.6 Å². The van der Waals surface area contributed by atoms with Crippen LogP contribution in [0, 0.1) is 5.92 Å². The van der Waals surface area contributed by atoms with Crippen LogP contribution in [0.25, 0.3) is 0 Å². The average molecular weight is 634 g/mol. The molecule has 0 aliphatic carbocycles. The van der Waals surface area contributed by atoms with Gasteiger partial charge in [0.15, 0.2) is 5.60 Å². The Balaban J connectivity index is 2.94. The molecule has 45 heavy (non-hydrogen) atoms. The van der Waals surface area contributed by atoms with Crippen LogP contribution in [0.15, 0.2) is 36.4 Å². The summed E-state index contributed by atoms with van der Waals surface area (Å²) < 4.78 is 16.2. The molecule has 1 aromatic carbocycles. The van der Waals surface area contributed by atoms with Gasteiger partial charge in [0.2, 0.25) is 5.91 Å². The summed E-state index contributed by atoms with van der Waals surface area (Å²) in [5, 5.41) is 24.1. The van der Waals surface area contributed by atoms with E-state index in [4.69, 9.17) is 14.2 Å². The largest absolute Gasteiger partial charge is 0.508 e. The molecule has 3 atom stereocenters. The molecule has 0 fully saturated rings. The molecule has 0 spiro atoms. The summed E-state index contributed by atoms with van der Waals surface area (Å²) in [6, 6.07) is 5.18. The van der Waals surface area contributed by atoms with Crippen LogP contribution < -0.4 is 5.32 Å². The summed E-state index contributed by atoms with van der Waals surface area (Å²) in [4.78, 5) is 39.8. The van der Waals surface area contributed by atoms with E-state index in [-0.39, 0.29) is 18.6 Å². The van der Waals surface area contributed by atoms with E-state index < -0.39 is 41.0 Å². The quantitative estimate of drug-likeness (QED) is 0.0700. The topological polar surface area (TPSA) is 131 Å². The van der Waals surface area contributed by atoms with E-state index in [1.54, 1.807) is 39.0 Å². The lowest BCUT2D eigenvalue weighted by molar-refractivity contribution is -0.184. The maximum Gasteiger partial charge on any atom is 0.339 e. The number of allylic oxidation sites excluding steroid dienone is 1. The van der Waals surface area contributed by atoms with E-state index in [9.17, 15) is 24.6 Å². The van der Waals surface area contributed by atoms with Crippen molar-refractivity contribution in [3.63, 3.8) is 0 Å². The first-order valence-electron chi connectivity index (χ1n) is 16.7. The Morgan fingerprint density at radius 2 is 1.49 bits per heavy atom. The minimum absolute atomic E-state index is 0.0101. The average Bonchev–Trinajstić information content (AvgIpc) is 2.98. The number of esters is 2. The maximum atomic E-state index is 13.8. The molecule has 0 radical (unpaired) electrons. The van der Waals surface area contributed by atoms with Gasteiger partial charge in [0.25, 0.3) is 0 Å². The van der Waals surface area contributed by atoms with Crippen LogP contribution >= 0.6 is 0 Å². The Morgan fingerprint density at radius 1 is 0.889 bits per heavy atom. The van der Waals surface area contributed by atoms with E-state index >= 15 is 0 Å². The summed E-state index contributed by atoms with van der Waals surface area (Å²) in [5.74, 6) is -3.47. The summed E-state index contributed by atoms with van der Waals surface area (Å²) in [6.45, 7) is 10.7. The predicted molar refractivity (Wildman–Crippen MR) is 177 cm³/mol. The molecule has 3 N–H and O–H groups in total. The van der Waals surface area contributed by atoms with Crippen LogP contribution in [0.2, 0.25) is 0 Å². The van der Waals surface area contributed by atoms with Crippen molar-refractivity contribution in [3.8, 4) is 5.75 Å². The van der Waals surface area contributed by atoms with Gasteiger partial charge in [0.1, 0.15) is 17.4 Å². The number of phenols is 1. The zero-order valence-electron chi connectivity index (χ0n) is 28.6. The second-order valence-electron chi connectivity index (χ2n) is 12.8. The molecule has 0 aromatic heterocycles. The number of carbonyl (C=O) groups is 3. The van der Waals surface area contributed by atoms with E-state index in [0.29, 0.717) is 18.4 Å². The van der Waals surface area contributed by atoms with Crippen molar-refractivity contribution in [1.82, 2.24) is 5.32 Å². The first kappa shape index (κ1) is 40.1. The molecule has 0 saturated carbocycles. The number of hydrogen-bond donors (Lipinski definition) is 3. The van der Waals surface area contributed by atoms with Gasteiger partial charge >= 0.3 is 11.9 Å². The molecule has 1 amide bonds. The van der Waals surface area contributed by atoms with Crippen molar-refractivity contribution >= 4 is 17.8 Å². The van der Waals surface area contributed by atoms with Crippen LogP contribution in [-0.2, 0) is 35.0 Å². The monoisotopic (exact) mass is 633 g/mol. The van der Waals surface area contributed by atoms with Gasteiger partial charge in [-0.2, -0.15) is 0 Å². The van der Waals surface area contributed by atoms with Gasteiger partial charge < -0.3 is 29.7 Å². The first-order chi connectivity index (χ1) is 21.4. The Labute approximate surface area is 271 Å². The molecule has 0 saturated heterocycles. The fourth-order valence-electron chi connectivity index (χ4n) is 5.02. The fourth-order valence-corrected chi connectivity index (χ4v) is 5.02.